The van der Waals surface area contributed by atoms with Crippen molar-refractivity contribution in [1.82, 2.24) is 9.78 Å². The molecule has 0 aliphatic carbocycles. The Balaban J connectivity index is 2.01. The van der Waals surface area contributed by atoms with Gasteiger partial charge in [-0.25, -0.2) is 0 Å². The number of hydrogen-bond acceptors (Lipinski definition) is 5. The van der Waals surface area contributed by atoms with Crippen LogP contribution < -0.4 is 16.6 Å². The second kappa shape index (κ2) is 7.42. The number of aromatic nitrogens is 2. The van der Waals surface area contributed by atoms with E-state index < -0.39 is 23.1 Å². The van der Waals surface area contributed by atoms with Crippen molar-refractivity contribution in [2.45, 2.75) is 0 Å². The zero-order valence-electron chi connectivity index (χ0n) is 13.7. The number of anilines is 1. The van der Waals surface area contributed by atoms with Crippen molar-refractivity contribution in [3.63, 3.8) is 0 Å². The Hall–Kier alpha value is -3.46. The molecule has 0 fully saturated rings. The lowest BCUT2D eigenvalue weighted by Gasteiger charge is -2.11. The number of nitrogens with two attached hydrogens (primary N) is 1. The van der Waals surface area contributed by atoms with Crippen molar-refractivity contribution in [2.75, 3.05) is 5.32 Å². The third kappa shape index (κ3) is 3.87. The highest BCUT2D eigenvalue weighted by Gasteiger charge is 2.19. The summed E-state index contributed by atoms with van der Waals surface area (Å²) in [5, 5.41) is 16.4. The van der Waals surface area contributed by atoms with E-state index in [9.17, 15) is 19.5 Å². The van der Waals surface area contributed by atoms with Crippen molar-refractivity contribution in [3.05, 3.63) is 80.7 Å². The molecule has 0 atom stereocenters. The van der Waals surface area contributed by atoms with Gasteiger partial charge in [0.15, 0.2) is 11.4 Å². The van der Waals surface area contributed by atoms with Gasteiger partial charge in [-0.05, 0) is 36.4 Å². The fourth-order valence-corrected chi connectivity index (χ4v) is 2.63. The minimum atomic E-state index is -0.799. The van der Waals surface area contributed by atoms with Crippen molar-refractivity contribution < 1.29 is 14.7 Å². The number of halogens is 1. The Kier molecular flexibility index (Phi) is 5.04. The molecule has 3 aromatic rings. The molecule has 27 heavy (non-hydrogen) atoms. The minimum Gasteiger partial charge on any atom is -0.505 e. The molecule has 2 amide bonds. The quantitative estimate of drug-likeness (QED) is 0.585. The molecule has 0 saturated carbocycles. The number of carbonyl (C=O) groups excluding carboxylic acids is 2. The van der Waals surface area contributed by atoms with E-state index in [1.807, 2.05) is 0 Å². The number of para-hydroxylation sites is 1. The third-order valence-corrected chi connectivity index (χ3v) is 4.17. The molecular weight excluding hydrogens is 416 g/mol. The molecule has 0 spiro atoms. The van der Waals surface area contributed by atoms with Crippen LogP contribution in [0.25, 0.3) is 5.69 Å². The van der Waals surface area contributed by atoms with E-state index in [-0.39, 0.29) is 16.9 Å². The normalized spacial score (nSPS) is 10.4. The van der Waals surface area contributed by atoms with Gasteiger partial charge in [-0.1, -0.05) is 28.1 Å². The predicted octanol–water partition coefficient (Wildman–Crippen LogP) is 2.05. The molecule has 0 radical (unpaired) electrons. The second-order valence-corrected chi connectivity index (χ2v) is 6.38. The van der Waals surface area contributed by atoms with Crippen molar-refractivity contribution >= 4 is 33.4 Å². The van der Waals surface area contributed by atoms with E-state index in [0.717, 1.165) is 15.2 Å². The molecule has 1 aromatic heterocycles. The van der Waals surface area contributed by atoms with Crippen LogP contribution >= 0.6 is 15.9 Å². The van der Waals surface area contributed by atoms with Crippen LogP contribution in [0.2, 0.25) is 0 Å². The van der Waals surface area contributed by atoms with Crippen LogP contribution in [0.5, 0.6) is 5.75 Å². The highest BCUT2D eigenvalue weighted by Crippen LogP contribution is 2.19. The van der Waals surface area contributed by atoms with Gasteiger partial charge in [-0.3, -0.25) is 14.4 Å². The van der Waals surface area contributed by atoms with Gasteiger partial charge in [0.05, 0.1) is 16.9 Å². The van der Waals surface area contributed by atoms with Crippen LogP contribution in [-0.2, 0) is 0 Å². The molecule has 3 rings (SSSR count). The molecular formula is C18H13BrN4O4. The van der Waals surface area contributed by atoms with Crippen LogP contribution in [0.15, 0.2) is 63.9 Å². The lowest BCUT2D eigenvalue weighted by Crippen LogP contribution is -2.26. The van der Waals surface area contributed by atoms with Gasteiger partial charge in [0.1, 0.15) is 0 Å². The molecule has 0 saturated heterocycles. The number of aromatic hydroxyl groups is 1. The molecule has 0 aliphatic rings. The lowest BCUT2D eigenvalue weighted by atomic mass is 10.1. The maximum absolute atomic E-state index is 12.6. The van der Waals surface area contributed by atoms with Crippen LogP contribution in [0, 0.1) is 0 Å². The van der Waals surface area contributed by atoms with E-state index in [2.05, 4.69) is 26.3 Å². The molecule has 0 aliphatic heterocycles. The number of primary amides is 1. The molecule has 9 heteroatoms. The molecule has 1 heterocycles. The maximum atomic E-state index is 12.6. The number of benzene rings is 2. The number of carbonyl (C=O) groups is 2. The smallest absolute Gasteiger partial charge is 0.280 e. The molecule has 2 aromatic carbocycles. The fourth-order valence-electron chi connectivity index (χ4n) is 2.36. The fraction of sp³-hybridized carbons (Fsp3) is 0. The highest BCUT2D eigenvalue weighted by molar-refractivity contribution is 9.10. The van der Waals surface area contributed by atoms with Crippen molar-refractivity contribution in [3.8, 4) is 11.4 Å². The highest BCUT2D eigenvalue weighted by atomic mass is 79.9. The standard InChI is InChI=1S/C18H13BrN4O4/c19-10-5-7-11(8-6-10)23-15(25)9-14(24)16(22-23)18(27)21-13-4-2-1-3-12(13)17(20)26/h1-9,24H,(H2,20,26)(H,21,27). The topological polar surface area (TPSA) is 127 Å². The zero-order chi connectivity index (χ0) is 19.6. The van der Waals surface area contributed by atoms with Gasteiger partial charge in [0.2, 0.25) is 0 Å². The minimum absolute atomic E-state index is 0.103. The molecule has 8 nitrogen and oxygen atoms in total. The summed E-state index contributed by atoms with van der Waals surface area (Å²) in [5.41, 5.74) is 4.98. The number of rotatable bonds is 4. The van der Waals surface area contributed by atoms with Crippen LogP contribution in [0.3, 0.4) is 0 Å². The van der Waals surface area contributed by atoms with E-state index in [1.54, 1.807) is 36.4 Å². The Morgan fingerprint density at radius 1 is 1.11 bits per heavy atom. The Morgan fingerprint density at radius 2 is 1.78 bits per heavy atom. The number of hydrogen-bond donors (Lipinski definition) is 3. The zero-order valence-corrected chi connectivity index (χ0v) is 15.3. The maximum Gasteiger partial charge on any atom is 0.280 e. The number of nitrogens with zero attached hydrogens (tertiary/aromatic N) is 2. The average Bonchev–Trinajstić information content (AvgIpc) is 2.63. The molecule has 0 bridgehead atoms. The van der Waals surface area contributed by atoms with Crippen molar-refractivity contribution in [1.29, 1.82) is 0 Å². The first-order valence-corrected chi connectivity index (χ1v) is 8.45. The van der Waals surface area contributed by atoms with Gasteiger partial charge in [-0.15, -0.1) is 0 Å². The molecule has 136 valence electrons. The van der Waals surface area contributed by atoms with E-state index in [1.165, 1.54) is 12.1 Å². The molecule has 0 unspecified atom stereocenters. The van der Waals surface area contributed by atoms with Crippen LogP contribution in [0.1, 0.15) is 20.8 Å². The van der Waals surface area contributed by atoms with Gasteiger partial charge in [0, 0.05) is 10.5 Å². The summed E-state index contributed by atoms with van der Waals surface area (Å²) >= 11 is 3.29. The van der Waals surface area contributed by atoms with Gasteiger partial charge >= 0.3 is 0 Å². The van der Waals surface area contributed by atoms with Crippen LogP contribution in [-0.4, -0.2) is 26.7 Å². The van der Waals surface area contributed by atoms with Gasteiger partial charge in [0.25, 0.3) is 17.4 Å². The number of amides is 2. The molecule has 4 N–H and O–H groups in total. The number of nitrogens with one attached hydrogen (secondary N) is 1. The summed E-state index contributed by atoms with van der Waals surface area (Å²) in [5.74, 6) is -2.10. The first kappa shape index (κ1) is 18.3. The Labute approximate surface area is 161 Å². The average molecular weight is 429 g/mol. The van der Waals surface area contributed by atoms with Crippen molar-refractivity contribution in [2.24, 2.45) is 5.73 Å². The summed E-state index contributed by atoms with van der Waals surface area (Å²) in [7, 11) is 0. The Morgan fingerprint density at radius 3 is 2.44 bits per heavy atom. The third-order valence-electron chi connectivity index (χ3n) is 3.64. The Bertz CT molecular complexity index is 1090. The second-order valence-electron chi connectivity index (χ2n) is 5.47. The predicted molar refractivity (Wildman–Crippen MR) is 102 cm³/mol. The largest absolute Gasteiger partial charge is 0.505 e. The summed E-state index contributed by atoms with van der Waals surface area (Å²) in [4.78, 5) is 36.2. The first-order chi connectivity index (χ1) is 12.9. The summed E-state index contributed by atoms with van der Waals surface area (Å²) in [6, 6.07) is 13.7. The van der Waals surface area contributed by atoms with Gasteiger partial charge in [-0.2, -0.15) is 9.78 Å². The SMILES string of the molecule is NC(=O)c1ccccc1NC(=O)c1nn(-c2ccc(Br)cc2)c(=O)cc1O. The van der Waals surface area contributed by atoms with E-state index in [4.69, 9.17) is 5.73 Å². The summed E-state index contributed by atoms with van der Waals surface area (Å²) < 4.78 is 1.79. The monoisotopic (exact) mass is 428 g/mol. The van der Waals surface area contributed by atoms with Gasteiger partial charge < -0.3 is 16.2 Å². The summed E-state index contributed by atoms with van der Waals surface area (Å²) in [6.45, 7) is 0. The van der Waals surface area contributed by atoms with E-state index >= 15 is 0 Å². The van der Waals surface area contributed by atoms with Crippen LogP contribution in [0.4, 0.5) is 5.69 Å². The first-order valence-electron chi connectivity index (χ1n) is 7.66. The summed E-state index contributed by atoms with van der Waals surface area (Å²) in [6.07, 6.45) is 0. The van der Waals surface area contributed by atoms with E-state index in [0.29, 0.717) is 5.69 Å². The lowest BCUT2D eigenvalue weighted by molar-refractivity contribution is 0.100.